The van der Waals surface area contributed by atoms with Gasteiger partial charge < -0.3 is 23.1 Å². The minimum Gasteiger partial charge on any atom is -0.374 e. The van der Waals surface area contributed by atoms with E-state index < -0.39 is 8.80 Å². The van der Waals surface area contributed by atoms with Gasteiger partial charge in [0.2, 0.25) is 0 Å². The van der Waals surface area contributed by atoms with Gasteiger partial charge in [0.1, 0.15) is 0 Å². The van der Waals surface area contributed by atoms with Gasteiger partial charge >= 0.3 is 8.80 Å². The molecule has 0 aromatic heterocycles. The molecule has 1 fully saturated rings. The van der Waals surface area contributed by atoms with Gasteiger partial charge in [0.25, 0.3) is 0 Å². The normalized spacial score (nSPS) is 17.8. The van der Waals surface area contributed by atoms with Crippen molar-refractivity contribution in [2.75, 3.05) is 79.7 Å². The molecular formula is C17H39N3O3Si. The topological polar surface area (TPSA) is 37.4 Å². The number of rotatable bonds is 13. The molecular weight excluding hydrogens is 322 g/mol. The first-order valence-corrected chi connectivity index (χ1v) is 11.5. The Morgan fingerprint density at radius 2 is 1.25 bits per heavy atom. The minimum atomic E-state index is -2.46. The fraction of sp³-hybridized carbons (Fsp3) is 1.00. The first-order chi connectivity index (χ1) is 11.5. The molecule has 6 nitrogen and oxygen atoms in total. The molecule has 1 aliphatic rings. The lowest BCUT2D eigenvalue weighted by molar-refractivity contribution is 0.0686. The molecule has 0 saturated carbocycles. The van der Waals surface area contributed by atoms with Crippen molar-refractivity contribution in [3.8, 4) is 0 Å². The van der Waals surface area contributed by atoms with E-state index in [4.69, 9.17) is 13.3 Å². The molecule has 1 aliphatic heterocycles. The van der Waals surface area contributed by atoms with Crippen molar-refractivity contribution in [2.45, 2.75) is 33.2 Å². The third kappa shape index (κ3) is 8.38. The first kappa shape index (κ1) is 22.0. The summed E-state index contributed by atoms with van der Waals surface area (Å²) in [4.78, 5) is 7.39. The number of likely N-dealkylation sites (N-methyl/N-ethyl adjacent to an activating group) is 1. The molecule has 0 unspecified atom stereocenters. The van der Waals surface area contributed by atoms with E-state index in [0.29, 0.717) is 19.8 Å². The lowest BCUT2D eigenvalue weighted by Gasteiger charge is -2.35. The van der Waals surface area contributed by atoms with Gasteiger partial charge in [-0.25, -0.2) is 0 Å². The monoisotopic (exact) mass is 361 g/mol. The van der Waals surface area contributed by atoms with Gasteiger partial charge in [-0.1, -0.05) is 0 Å². The van der Waals surface area contributed by atoms with Gasteiger partial charge in [-0.3, -0.25) is 4.90 Å². The lowest BCUT2D eigenvalue weighted by Crippen LogP contribution is -2.49. The number of hydrogen-bond donors (Lipinski definition) is 0. The molecule has 144 valence electrons. The minimum absolute atomic E-state index is 0.663. The summed E-state index contributed by atoms with van der Waals surface area (Å²) in [5, 5.41) is 0. The summed E-state index contributed by atoms with van der Waals surface area (Å²) in [5.74, 6) is 0. The Labute approximate surface area is 150 Å². The van der Waals surface area contributed by atoms with Gasteiger partial charge in [-0.2, -0.15) is 0 Å². The van der Waals surface area contributed by atoms with Gasteiger partial charge in [-0.15, -0.1) is 0 Å². The molecule has 1 saturated heterocycles. The number of nitrogens with zero attached hydrogens (tertiary/aromatic N) is 3. The largest absolute Gasteiger partial charge is 0.500 e. The maximum atomic E-state index is 5.93. The maximum Gasteiger partial charge on any atom is 0.500 e. The van der Waals surface area contributed by atoms with Crippen LogP contribution in [0.15, 0.2) is 0 Å². The van der Waals surface area contributed by atoms with Crippen molar-refractivity contribution in [1.29, 1.82) is 0 Å². The second-order valence-corrected chi connectivity index (χ2v) is 9.30. The van der Waals surface area contributed by atoms with Crippen molar-refractivity contribution in [1.82, 2.24) is 14.7 Å². The molecule has 0 aromatic rings. The van der Waals surface area contributed by atoms with Crippen LogP contribution in [0.3, 0.4) is 0 Å². The van der Waals surface area contributed by atoms with Crippen LogP contribution >= 0.6 is 0 Å². The Balaban J connectivity index is 2.30. The zero-order valence-electron chi connectivity index (χ0n) is 16.6. The Bertz CT molecular complexity index is 296. The van der Waals surface area contributed by atoms with Crippen molar-refractivity contribution in [3.05, 3.63) is 0 Å². The predicted octanol–water partition coefficient (Wildman–Crippen LogP) is 1.60. The van der Waals surface area contributed by atoms with Crippen LogP contribution in [-0.4, -0.2) is 103 Å². The van der Waals surface area contributed by atoms with Crippen LogP contribution in [0.2, 0.25) is 6.04 Å². The fourth-order valence-corrected chi connectivity index (χ4v) is 5.69. The van der Waals surface area contributed by atoms with Gasteiger partial charge in [-0.05, 0) is 47.8 Å². The van der Waals surface area contributed by atoms with Gasteiger partial charge in [0, 0.05) is 65.1 Å². The molecule has 0 aliphatic carbocycles. The highest BCUT2D eigenvalue weighted by molar-refractivity contribution is 6.60. The second-order valence-electron chi connectivity index (χ2n) is 6.57. The quantitative estimate of drug-likeness (QED) is 0.464. The SMILES string of the molecule is CCO[Si](CCCN1CCN(CCN(C)C)CC1)(OCC)OCC. The second kappa shape index (κ2) is 12.3. The Morgan fingerprint density at radius 1 is 0.792 bits per heavy atom. The summed E-state index contributed by atoms with van der Waals surface area (Å²) in [6.45, 7) is 16.2. The first-order valence-electron chi connectivity index (χ1n) is 9.56. The van der Waals surface area contributed by atoms with Crippen LogP contribution < -0.4 is 0 Å². The van der Waals surface area contributed by atoms with Gasteiger partial charge in [0.05, 0.1) is 0 Å². The molecule has 24 heavy (non-hydrogen) atoms. The molecule has 0 radical (unpaired) electrons. The Hall–Kier alpha value is -0.0231. The van der Waals surface area contributed by atoms with Crippen LogP contribution in [0, 0.1) is 0 Å². The van der Waals surface area contributed by atoms with Crippen LogP contribution in [-0.2, 0) is 13.3 Å². The van der Waals surface area contributed by atoms with Crippen LogP contribution in [0.5, 0.6) is 0 Å². The molecule has 0 atom stereocenters. The smallest absolute Gasteiger partial charge is 0.374 e. The average molecular weight is 362 g/mol. The van der Waals surface area contributed by atoms with Crippen molar-refractivity contribution >= 4 is 8.80 Å². The van der Waals surface area contributed by atoms with E-state index in [2.05, 4.69) is 28.8 Å². The Kier molecular flexibility index (Phi) is 11.3. The molecule has 1 heterocycles. The van der Waals surface area contributed by atoms with Crippen molar-refractivity contribution < 1.29 is 13.3 Å². The summed E-state index contributed by atoms with van der Waals surface area (Å²) < 4.78 is 17.8. The summed E-state index contributed by atoms with van der Waals surface area (Å²) >= 11 is 0. The highest BCUT2D eigenvalue weighted by atomic mass is 28.4. The van der Waals surface area contributed by atoms with E-state index in [-0.39, 0.29) is 0 Å². The Morgan fingerprint density at radius 3 is 1.67 bits per heavy atom. The van der Waals surface area contributed by atoms with Crippen molar-refractivity contribution in [2.24, 2.45) is 0 Å². The number of piperazine rings is 1. The third-order valence-corrected chi connectivity index (χ3v) is 7.53. The lowest BCUT2D eigenvalue weighted by atomic mass is 10.3. The zero-order valence-corrected chi connectivity index (χ0v) is 17.6. The molecule has 0 aromatic carbocycles. The average Bonchev–Trinajstić information content (AvgIpc) is 2.55. The molecule has 7 heteroatoms. The van der Waals surface area contributed by atoms with Crippen LogP contribution in [0.25, 0.3) is 0 Å². The molecule has 0 amide bonds. The van der Waals surface area contributed by atoms with Crippen LogP contribution in [0.4, 0.5) is 0 Å². The highest BCUT2D eigenvalue weighted by Gasteiger charge is 2.39. The van der Waals surface area contributed by atoms with E-state index in [0.717, 1.165) is 25.6 Å². The van der Waals surface area contributed by atoms with E-state index in [9.17, 15) is 0 Å². The highest BCUT2D eigenvalue weighted by Crippen LogP contribution is 2.18. The summed E-state index contributed by atoms with van der Waals surface area (Å²) in [6.07, 6.45) is 1.09. The fourth-order valence-electron chi connectivity index (χ4n) is 3.10. The zero-order chi connectivity index (χ0) is 17.8. The van der Waals surface area contributed by atoms with E-state index in [1.807, 2.05) is 20.8 Å². The van der Waals surface area contributed by atoms with E-state index >= 15 is 0 Å². The summed E-state index contributed by atoms with van der Waals surface area (Å²) in [6, 6.07) is 0.920. The van der Waals surface area contributed by atoms with Crippen LogP contribution in [0.1, 0.15) is 27.2 Å². The third-order valence-electron chi connectivity index (χ3n) is 4.38. The maximum absolute atomic E-state index is 5.93. The number of hydrogen-bond acceptors (Lipinski definition) is 6. The molecule has 0 spiro atoms. The van der Waals surface area contributed by atoms with Gasteiger partial charge in [0.15, 0.2) is 0 Å². The molecule has 0 bridgehead atoms. The molecule has 1 rings (SSSR count). The predicted molar refractivity (Wildman–Crippen MR) is 101 cm³/mol. The van der Waals surface area contributed by atoms with Crippen molar-refractivity contribution in [3.63, 3.8) is 0 Å². The summed E-state index contributed by atoms with van der Waals surface area (Å²) in [7, 11) is 1.82. The summed E-state index contributed by atoms with van der Waals surface area (Å²) in [5.41, 5.74) is 0. The van der Waals surface area contributed by atoms with E-state index in [1.54, 1.807) is 0 Å². The molecule has 0 N–H and O–H groups in total. The standard InChI is InChI=1S/C17H39N3O3Si/c1-6-21-24(22-7-2,23-8-3)17-9-10-19-13-15-20(16-14-19)12-11-18(4)5/h6-17H2,1-5H3. The van der Waals surface area contributed by atoms with E-state index in [1.165, 1.54) is 32.7 Å².